The minimum absolute atomic E-state index is 0.154. The summed E-state index contributed by atoms with van der Waals surface area (Å²) in [7, 11) is 3.09. The molecule has 0 amide bonds. The molecule has 2 unspecified atom stereocenters. The van der Waals surface area contributed by atoms with Crippen molar-refractivity contribution in [3.63, 3.8) is 0 Å². The first-order valence-electron chi connectivity index (χ1n) is 14.0. The summed E-state index contributed by atoms with van der Waals surface area (Å²) in [5.74, 6) is -2.65. The Morgan fingerprint density at radius 2 is 0.810 bits per heavy atom. The number of allylic oxidation sites excluding steroid dienone is 8. The van der Waals surface area contributed by atoms with Gasteiger partial charge in [0.2, 0.25) is 11.6 Å². The van der Waals surface area contributed by atoms with Crippen molar-refractivity contribution in [3.05, 3.63) is 140 Å². The average Bonchev–Trinajstić information content (AvgIpc) is 3.02. The molecule has 42 heavy (non-hydrogen) atoms. The van der Waals surface area contributed by atoms with Crippen LogP contribution in [0.3, 0.4) is 0 Å². The van der Waals surface area contributed by atoms with E-state index >= 15 is 0 Å². The van der Waals surface area contributed by atoms with E-state index in [4.69, 9.17) is 9.47 Å². The summed E-state index contributed by atoms with van der Waals surface area (Å²) in [6, 6.07) is 19.8. The van der Waals surface area contributed by atoms with Crippen molar-refractivity contribution in [1.82, 2.24) is 0 Å². The second-order valence-electron chi connectivity index (χ2n) is 11.6. The molecule has 6 heteroatoms. The van der Waals surface area contributed by atoms with E-state index in [1.165, 1.54) is 12.2 Å². The number of hydrogen-bond acceptors (Lipinski definition) is 6. The Labute approximate surface area is 240 Å². The molecular formula is C36H22O6. The van der Waals surface area contributed by atoms with Gasteiger partial charge in [0.25, 0.3) is 0 Å². The van der Waals surface area contributed by atoms with Crippen molar-refractivity contribution in [1.29, 1.82) is 0 Å². The van der Waals surface area contributed by atoms with Gasteiger partial charge in [-0.3, -0.25) is 19.2 Å². The number of ether oxygens (including phenoxy) is 2. The van der Waals surface area contributed by atoms with E-state index in [1.54, 1.807) is 14.2 Å². The Morgan fingerprint density at radius 1 is 0.476 bits per heavy atom. The summed E-state index contributed by atoms with van der Waals surface area (Å²) in [5.41, 5.74) is 8.90. The van der Waals surface area contributed by atoms with Gasteiger partial charge in [0, 0.05) is 46.0 Å². The molecule has 8 aliphatic carbocycles. The first-order chi connectivity index (χ1) is 20.4. The minimum Gasteiger partial charge on any atom is -0.493 e. The van der Waals surface area contributed by atoms with E-state index in [-0.39, 0.29) is 23.4 Å². The number of benzene rings is 3. The van der Waals surface area contributed by atoms with Gasteiger partial charge in [-0.2, -0.15) is 0 Å². The highest BCUT2D eigenvalue weighted by atomic mass is 16.5. The van der Waals surface area contributed by atoms with Crippen molar-refractivity contribution in [2.75, 3.05) is 14.2 Å². The third-order valence-corrected chi connectivity index (χ3v) is 9.93. The van der Waals surface area contributed by atoms with Crippen molar-refractivity contribution >= 4 is 23.1 Å². The van der Waals surface area contributed by atoms with Gasteiger partial charge < -0.3 is 9.47 Å². The van der Waals surface area contributed by atoms with E-state index in [0.29, 0.717) is 44.9 Å². The molecule has 0 aromatic heterocycles. The highest BCUT2D eigenvalue weighted by molar-refractivity contribution is 6.47. The lowest BCUT2D eigenvalue weighted by molar-refractivity contribution is -0.131. The predicted molar refractivity (Wildman–Crippen MR) is 152 cm³/mol. The first-order valence-corrected chi connectivity index (χ1v) is 14.0. The van der Waals surface area contributed by atoms with E-state index in [2.05, 4.69) is 24.3 Å². The van der Waals surface area contributed by atoms with Crippen LogP contribution in [0.25, 0.3) is 0 Å². The zero-order valence-corrected chi connectivity index (χ0v) is 22.7. The number of ketones is 4. The summed E-state index contributed by atoms with van der Waals surface area (Å²) < 4.78 is 11.2. The number of rotatable bonds is 2. The van der Waals surface area contributed by atoms with Crippen LogP contribution in [0.5, 0.6) is 11.5 Å². The van der Waals surface area contributed by atoms with Crippen molar-refractivity contribution in [2.45, 2.75) is 23.7 Å². The molecule has 6 nitrogen and oxygen atoms in total. The molecule has 4 bridgehead atoms. The van der Waals surface area contributed by atoms with Gasteiger partial charge in [-0.05, 0) is 68.8 Å². The summed E-state index contributed by atoms with van der Waals surface area (Å²) >= 11 is 0. The van der Waals surface area contributed by atoms with E-state index in [1.807, 2.05) is 36.4 Å². The number of hydrogen-bond donors (Lipinski definition) is 0. The Morgan fingerprint density at radius 3 is 1.14 bits per heavy atom. The summed E-state index contributed by atoms with van der Waals surface area (Å²) in [6.07, 6.45) is 2.72. The van der Waals surface area contributed by atoms with Crippen LogP contribution in [0.4, 0.5) is 0 Å². The Hall–Kier alpha value is -5.10. The highest BCUT2D eigenvalue weighted by Gasteiger charge is 2.58. The average molecular weight is 551 g/mol. The highest BCUT2D eigenvalue weighted by Crippen LogP contribution is 2.66. The van der Waals surface area contributed by atoms with Crippen LogP contribution < -0.4 is 9.47 Å². The third-order valence-electron chi connectivity index (χ3n) is 9.93. The monoisotopic (exact) mass is 550 g/mol. The lowest BCUT2D eigenvalue weighted by Gasteiger charge is -2.50. The maximum atomic E-state index is 14.9. The fourth-order valence-corrected chi connectivity index (χ4v) is 8.42. The Kier molecular flexibility index (Phi) is 4.38. The van der Waals surface area contributed by atoms with Gasteiger partial charge in [-0.15, -0.1) is 0 Å². The largest absolute Gasteiger partial charge is 0.493 e. The number of carbonyl (C=O) groups is 4. The van der Waals surface area contributed by atoms with Gasteiger partial charge in [0.15, 0.2) is 23.1 Å². The number of Topliss-reactive ketones (excluding diaryl/α,β-unsaturated/α-hetero) is 2. The standard InChI is InChI=1S/C36H22O6/c1-41-25-13-21-22(14-26(25)42-2)30-20-12-24(38)23(37)11-19(20)29(21)33-34(30)36(40)32-28-17-9-5-3-7-15(17)27(31(32)35(33)39)16-8-4-6-10-18(16)28/h3-14,27-30H,1-2H3. The smallest absolute Gasteiger partial charge is 0.226 e. The van der Waals surface area contributed by atoms with Gasteiger partial charge in [0.1, 0.15) is 0 Å². The molecule has 202 valence electrons. The molecule has 0 fully saturated rings. The van der Waals surface area contributed by atoms with Crippen LogP contribution in [-0.4, -0.2) is 37.4 Å². The van der Waals surface area contributed by atoms with Crippen molar-refractivity contribution in [2.24, 2.45) is 0 Å². The van der Waals surface area contributed by atoms with E-state index < -0.39 is 23.4 Å². The maximum Gasteiger partial charge on any atom is 0.226 e. The molecule has 11 rings (SSSR count). The lowest BCUT2D eigenvalue weighted by atomic mass is 9.50. The van der Waals surface area contributed by atoms with Crippen LogP contribution in [0.2, 0.25) is 0 Å². The fourth-order valence-electron chi connectivity index (χ4n) is 8.42. The first kappa shape index (κ1) is 23.6. The van der Waals surface area contributed by atoms with Gasteiger partial charge in [0.05, 0.1) is 14.2 Å². The van der Waals surface area contributed by atoms with Gasteiger partial charge >= 0.3 is 0 Å². The summed E-state index contributed by atoms with van der Waals surface area (Å²) in [5, 5.41) is 0. The van der Waals surface area contributed by atoms with Gasteiger partial charge in [-0.1, -0.05) is 48.5 Å². The molecule has 2 atom stereocenters. The molecule has 0 aliphatic heterocycles. The topological polar surface area (TPSA) is 86.7 Å². The van der Waals surface area contributed by atoms with Crippen LogP contribution in [0.1, 0.15) is 57.1 Å². The van der Waals surface area contributed by atoms with Crippen LogP contribution in [0.15, 0.2) is 106 Å². The zero-order chi connectivity index (χ0) is 28.6. The molecule has 0 saturated heterocycles. The van der Waals surface area contributed by atoms with Crippen LogP contribution >= 0.6 is 0 Å². The van der Waals surface area contributed by atoms with E-state index in [9.17, 15) is 19.2 Å². The van der Waals surface area contributed by atoms with Crippen molar-refractivity contribution < 1.29 is 28.7 Å². The van der Waals surface area contributed by atoms with Crippen LogP contribution in [-0.2, 0) is 19.2 Å². The Balaban J connectivity index is 1.34. The molecule has 0 heterocycles. The molecule has 8 aliphatic rings. The number of methoxy groups -OCH3 is 2. The Bertz CT molecular complexity index is 1860. The maximum absolute atomic E-state index is 14.9. The molecular weight excluding hydrogens is 528 g/mol. The fraction of sp³-hybridized carbons (Fsp3) is 0.167. The normalized spacial score (nSPS) is 25.7. The SMILES string of the molecule is COc1cc2c(cc1OC)C1C3=CC(=O)C(=O)C=C3C2C2=C1C(=O)C1=C(C2=O)C2c3ccccc3C1c1ccccc12. The molecule has 0 radical (unpaired) electrons. The quantitative estimate of drug-likeness (QED) is 0.255. The molecule has 3 aromatic rings. The van der Waals surface area contributed by atoms with Crippen molar-refractivity contribution in [3.8, 4) is 11.5 Å². The molecule has 3 aromatic carbocycles. The molecule has 0 spiro atoms. The summed E-state index contributed by atoms with van der Waals surface area (Å²) in [4.78, 5) is 55.2. The second-order valence-corrected chi connectivity index (χ2v) is 11.6. The van der Waals surface area contributed by atoms with Crippen LogP contribution in [0, 0.1) is 0 Å². The zero-order valence-electron chi connectivity index (χ0n) is 22.7. The minimum atomic E-state index is -0.681. The second kappa shape index (κ2) is 7.79. The van der Waals surface area contributed by atoms with E-state index in [0.717, 1.165) is 33.4 Å². The lowest BCUT2D eigenvalue weighted by Crippen LogP contribution is -2.45. The third kappa shape index (κ3) is 2.57. The summed E-state index contributed by atoms with van der Waals surface area (Å²) in [6.45, 7) is 0. The molecule has 0 N–H and O–H groups in total. The molecule has 0 saturated carbocycles. The predicted octanol–water partition coefficient (Wildman–Crippen LogP) is 4.94. The number of carbonyl (C=O) groups excluding carboxylic acids is 4. The van der Waals surface area contributed by atoms with Gasteiger partial charge in [-0.25, -0.2) is 0 Å².